The number of ether oxygens (including phenoxy) is 2. The number of aryl methyl sites for hydroxylation is 1. The van der Waals surface area contributed by atoms with Crippen molar-refractivity contribution in [1.82, 2.24) is 25.6 Å². The minimum atomic E-state index is -0.169. The van der Waals surface area contributed by atoms with Gasteiger partial charge in [-0.2, -0.15) is 0 Å². The van der Waals surface area contributed by atoms with Crippen LogP contribution in [0.2, 0.25) is 0 Å². The van der Waals surface area contributed by atoms with Gasteiger partial charge in [-0.3, -0.25) is 9.78 Å². The van der Waals surface area contributed by atoms with Crippen LogP contribution in [-0.4, -0.2) is 53.2 Å². The fourth-order valence-electron chi connectivity index (χ4n) is 4.39. The molecule has 0 aliphatic carbocycles. The van der Waals surface area contributed by atoms with Crippen LogP contribution >= 0.6 is 0 Å². The third kappa shape index (κ3) is 5.04. The highest BCUT2D eigenvalue weighted by Crippen LogP contribution is 2.25. The van der Waals surface area contributed by atoms with Crippen LogP contribution < -0.4 is 25.4 Å². The van der Waals surface area contributed by atoms with Crippen molar-refractivity contribution in [3.63, 3.8) is 0 Å². The molecule has 0 unspecified atom stereocenters. The number of anilines is 1. The van der Waals surface area contributed by atoms with E-state index in [1.807, 2.05) is 30.5 Å². The maximum absolute atomic E-state index is 11.5. The molecule has 33 heavy (non-hydrogen) atoms. The Labute approximate surface area is 192 Å². The van der Waals surface area contributed by atoms with Crippen molar-refractivity contribution >= 4 is 22.8 Å². The topological polar surface area (TPSA) is 110 Å². The minimum Gasteiger partial charge on any atom is -0.481 e. The molecule has 1 amide bonds. The van der Waals surface area contributed by atoms with Gasteiger partial charge in [0, 0.05) is 37.4 Å². The fourth-order valence-corrected chi connectivity index (χ4v) is 4.39. The summed E-state index contributed by atoms with van der Waals surface area (Å²) in [5.74, 6) is 1.57. The summed E-state index contributed by atoms with van der Waals surface area (Å²) in [4.78, 5) is 25.0. The summed E-state index contributed by atoms with van der Waals surface area (Å²) in [5, 5.41) is 10.0. The summed E-state index contributed by atoms with van der Waals surface area (Å²) >= 11 is 0. The van der Waals surface area contributed by atoms with Gasteiger partial charge in [0.2, 0.25) is 5.88 Å². The monoisotopic (exact) mass is 448 g/mol. The third-order valence-electron chi connectivity index (χ3n) is 6.23. The number of piperidine rings is 1. The molecule has 3 N–H and O–H groups in total. The van der Waals surface area contributed by atoms with Crippen LogP contribution in [0.25, 0.3) is 11.0 Å². The number of hydrogen-bond acceptors (Lipinski definition) is 8. The zero-order valence-electron chi connectivity index (χ0n) is 18.6. The summed E-state index contributed by atoms with van der Waals surface area (Å²) in [7, 11) is 1.63. The first-order chi connectivity index (χ1) is 16.2. The van der Waals surface area contributed by atoms with Crippen molar-refractivity contribution in [3.8, 4) is 11.6 Å². The van der Waals surface area contributed by atoms with Crippen LogP contribution in [0.5, 0.6) is 11.6 Å². The summed E-state index contributed by atoms with van der Waals surface area (Å²) in [6, 6.07) is 10.5. The van der Waals surface area contributed by atoms with Crippen molar-refractivity contribution in [1.29, 1.82) is 0 Å². The Morgan fingerprint density at radius 2 is 2.12 bits per heavy atom. The lowest BCUT2D eigenvalue weighted by atomic mass is 9.95. The smallest absolute Gasteiger partial charge is 0.263 e. The molecule has 2 atom stereocenters. The third-order valence-corrected chi connectivity index (χ3v) is 6.23. The molecular weight excluding hydrogens is 420 g/mol. The van der Waals surface area contributed by atoms with E-state index in [0.29, 0.717) is 36.1 Å². The predicted octanol–water partition coefficient (Wildman–Crippen LogP) is 2.21. The van der Waals surface area contributed by atoms with Gasteiger partial charge >= 0.3 is 0 Å². The average molecular weight is 449 g/mol. The summed E-state index contributed by atoms with van der Waals surface area (Å²) in [6.45, 7) is 1.61. The largest absolute Gasteiger partial charge is 0.481 e. The van der Waals surface area contributed by atoms with Gasteiger partial charge in [-0.05, 0) is 55.5 Å². The lowest BCUT2D eigenvalue weighted by molar-refractivity contribution is -0.118. The quantitative estimate of drug-likeness (QED) is 0.505. The van der Waals surface area contributed by atoms with Crippen LogP contribution in [0, 0.1) is 0 Å². The number of rotatable bonds is 7. The molecular formula is C24H28N6O3. The highest BCUT2D eigenvalue weighted by Gasteiger charge is 2.21. The molecule has 5 heterocycles. The molecule has 2 aliphatic heterocycles. The Morgan fingerprint density at radius 1 is 1.18 bits per heavy atom. The molecule has 0 saturated carbocycles. The molecule has 1 saturated heterocycles. The first-order valence-corrected chi connectivity index (χ1v) is 11.4. The number of nitrogens with zero attached hydrogens (tertiary/aromatic N) is 3. The zero-order chi connectivity index (χ0) is 22.6. The molecule has 5 rings (SSSR count). The van der Waals surface area contributed by atoms with Gasteiger partial charge in [0.1, 0.15) is 0 Å². The number of fused-ring (bicyclic) bond motifs is 2. The zero-order valence-corrected chi connectivity index (χ0v) is 18.6. The number of amides is 1. The standard InChI is InChI=1S/C24H28N6O3/c1-32-22-9-7-19-23(30-22)15(10-11-25-19)2-3-16-4-5-17(12-26-16)27-13-18-6-8-20-24(28-18)29-21(31)14-33-20/h6-11,16-17,26-27H,2-5,12-14H2,1H3,(H,28,29,31)/t16-,17+/m1/s1. The van der Waals surface area contributed by atoms with E-state index >= 15 is 0 Å². The lowest BCUT2D eigenvalue weighted by Gasteiger charge is -2.30. The first kappa shape index (κ1) is 21.5. The minimum absolute atomic E-state index is 0.0449. The summed E-state index contributed by atoms with van der Waals surface area (Å²) in [5.41, 5.74) is 3.91. The lowest BCUT2D eigenvalue weighted by Crippen LogP contribution is -2.47. The Morgan fingerprint density at radius 3 is 2.97 bits per heavy atom. The number of carbonyl (C=O) groups is 1. The highest BCUT2D eigenvalue weighted by atomic mass is 16.5. The van der Waals surface area contributed by atoms with E-state index in [4.69, 9.17) is 9.47 Å². The first-order valence-electron chi connectivity index (χ1n) is 11.4. The predicted molar refractivity (Wildman–Crippen MR) is 124 cm³/mol. The van der Waals surface area contributed by atoms with Gasteiger partial charge < -0.3 is 25.4 Å². The fraction of sp³-hybridized carbons (Fsp3) is 0.417. The molecule has 3 aromatic rings. The van der Waals surface area contributed by atoms with E-state index in [1.165, 1.54) is 5.56 Å². The van der Waals surface area contributed by atoms with Crippen molar-refractivity contribution in [2.24, 2.45) is 0 Å². The van der Waals surface area contributed by atoms with E-state index < -0.39 is 0 Å². The van der Waals surface area contributed by atoms with Crippen LogP contribution in [0.15, 0.2) is 36.5 Å². The molecule has 1 fully saturated rings. The number of methoxy groups -OCH3 is 1. The van der Waals surface area contributed by atoms with Crippen LogP contribution in [0.1, 0.15) is 30.5 Å². The normalized spacial score (nSPS) is 20.1. The van der Waals surface area contributed by atoms with Crippen molar-refractivity contribution in [2.75, 3.05) is 25.6 Å². The summed E-state index contributed by atoms with van der Waals surface area (Å²) < 4.78 is 10.7. The molecule has 3 aromatic heterocycles. The SMILES string of the molecule is COc1ccc2nccc(CC[C@@H]3CC[C@H](NCc4ccc5c(n4)NC(=O)CO5)CN3)c2n1. The van der Waals surface area contributed by atoms with Gasteiger partial charge in [0.15, 0.2) is 18.2 Å². The van der Waals surface area contributed by atoms with Gasteiger partial charge in [-0.15, -0.1) is 0 Å². The Bertz CT molecular complexity index is 1150. The van der Waals surface area contributed by atoms with Crippen molar-refractivity contribution in [3.05, 3.63) is 47.8 Å². The van der Waals surface area contributed by atoms with Gasteiger partial charge in [-0.1, -0.05) is 0 Å². The van der Waals surface area contributed by atoms with Crippen LogP contribution in [0.3, 0.4) is 0 Å². The van der Waals surface area contributed by atoms with E-state index in [9.17, 15) is 4.79 Å². The second-order valence-electron chi connectivity index (χ2n) is 8.48. The Balaban J connectivity index is 1.11. The molecule has 2 aliphatic rings. The molecule has 9 nitrogen and oxygen atoms in total. The van der Waals surface area contributed by atoms with Gasteiger partial charge in [0.05, 0.1) is 23.8 Å². The number of aromatic nitrogens is 3. The Hall–Kier alpha value is -3.30. The molecule has 0 bridgehead atoms. The number of hydrogen-bond donors (Lipinski definition) is 3. The molecule has 0 radical (unpaired) electrons. The van der Waals surface area contributed by atoms with Crippen molar-refractivity contribution in [2.45, 2.75) is 44.3 Å². The van der Waals surface area contributed by atoms with Gasteiger partial charge in [-0.25, -0.2) is 9.97 Å². The molecule has 0 aromatic carbocycles. The maximum atomic E-state index is 11.5. The molecule has 172 valence electrons. The molecule has 0 spiro atoms. The average Bonchev–Trinajstić information content (AvgIpc) is 2.86. The van der Waals surface area contributed by atoms with Gasteiger partial charge in [0.25, 0.3) is 5.91 Å². The maximum Gasteiger partial charge on any atom is 0.263 e. The van der Waals surface area contributed by atoms with Crippen LogP contribution in [0.4, 0.5) is 5.82 Å². The number of pyridine rings is 3. The highest BCUT2D eigenvalue weighted by molar-refractivity contribution is 5.94. The second kappa shape index (κ2) is 9.68. The van der Waals surface area contributed by atoms with E-state index in [2.05, 4.69) is 37.0 Å². The van der Waals surface area contributed by atoms with E-state index in [-0.39, 0.29) is 12.5 Å². The van der Waals surface area contributed by atoms with Crippen LogP contribution in [-0.2, 0) is 17.8 Å². The molecule has 9 heteroatoms. The Kier molecular flexibility index (Phi) is 6.32. The van der Waals surface area contributed by atoms with Crippen molar-refractivity contribution < 1.29 is 14.3 Å². The second-order valence-corrected chi connectivity index (χ2v) is 8.48. The van der Waals surface area contributed by atoms with E-state index in [0.717, 1.165) is 49.0 Å². The number of nitrogens with one attached hydrogen (secondary N) is 3. The number of carbonyl (C=O) groups excluding carboxylic acids is 1. The van der Waals surface area contributed by atoms with E-state index in [1.54, 1.807) is 7.11 Å². The summed E-state index contributed by atoms with van der Waals surface area (Å²) in [6.07, 6.45) is 6.06.